The van der Waals surface area contributed by atoms with Gasteiger partial charge >= 0.3 is 0 Å². The van der Waals surface area contributed by atoms with Crippen LogP contribution < -0.4 is 0 Å². The number of Topliss-reactive ketones (excluding diaryl/α,β-unsaturated/α-hetero) is 1. The molecule has 0 amide bonds. The van der Waals surface area contributed by atoms with Gasteiger partial charge in [0, 0.05) is 6.42 Å². The zero-order chi connectivity index (χ0) is 6.57. The lowest BCUT2D eigenvalue weighted by Crippen LogP contribution is -2.15. The number of carbonyl (C=O) groups excluding carboxylic acids is 1. The van der Waals surface area contributed by atoms with Gasteiger partial charge in [0.05, 0.1) is 0 Å². The van der Waals surface area contributed by atoms with Crippen molar-refractivity contribution in [1.82, 2.24) is 0 Å². The Morgan fingerprint density at radius 1 is 2.00 bits per heavy atom. The number of rotatable bonds is 2. The minimum absolute atomic E-state index is 0.120. The molecule has 0 aliphatic carbocycles. The van der Waals surface area contributed by atoms with Gasteiger partial charge in [-0.15, -0.1) is 12.3 Å². The van der Waals surface area contributed by atoms with Crippen molar-refractivity contribution in [3.8, 4) is 12.3 Å². The van der Waals surface area contributed by atoms with E-state index in [9.17, 15) is 4.79 Å². The Bertz CT molecular complexity index is 121. The number of carbonyl (C=O) groups is 1. The normalized spacial score (nSPS) is 12.1. The van der Waals surface area contributed by atoms with Crippen LogP contribution in [0.4, 0.5) is 0 Å². The van der Waals surface area contributed by atoms with Crippen molar-refractivity contribution in [2.75, 3.05) is 0 Å². The van der Waals surface area contributed by atoms with Gasteiger partial charge in [-0.05, 0) is 6.92 Å². The van der Waals surface area contributed by atoms with E-state index >= 15 is 0 Å². The van der Waals surface area contributed by atoms with Crippen LogP contribution in [-0.4, -0.2) is 17.0 Å². The molecule has 0 rings (SSSR count). The summed E-state index contributed by atoms with van der Waals surface area (Å²) >= 11 is 0. The van der Waals surface area contributed by atoms with Gasteiger partial charge in [0.15, 0.2) is 5.78 Å². The molecule has 0 heterocycles. The molecule has 0 aromatic heterocycles. The van der Waals surface area contributed by atoms with Gasteiger partial charge in [0.25, 0.3) is 0 Å². The molecule has 0 aromatic carbocycles. The maximum Gasteiger partial charge on any atom is 0.159 e. The topological polar surface area (TPSA) is 37.3 Å². The number of aliphatic hydroxyl groups is 1. The molecule has 0 saturated carbocycles. The Morgan fingerprint density at radius 2 is 2.50 bits per heavy atom. The van der Waals surface area contributed by atoms with Crippen LogP contribution >= 0.6 is 0 Å². The molecule has 8 heavy (non-hydrogen) atoms. The van der Waals surface area contributed by atoms with E-state index in [4.69, 9.17) is 11.5 Å². The maximum absolute atomic E-state index is 10.2. The third-order valence-corrected chi connectivity index (χ3v) is 0.780. The molecule has 0 unspecified atom stereocenters. The maximum atomic E-state index is 10.2. The van der Waals surface area contributed by atoms with E-state index in [1.165, 1.54) is 6.92 Å². The molecule has 0 aliphatic heterocycles. The molecular weight excluding hydrogens is 104 g/mol. The molecule has 1 N–H and O–H groups in total. The third kappa shape index (κ3) is 2.38. The third-order valence-electron chi connectivity index (χ3n) is 0.780. The van der Waals surface area contributed by atoms with Gasteiger partial charge in [0.1, 0.15) is 6.10 Å². The summed E-state index contributed by atoms with van der Waals surface area (Å²) in [6.07, 6.45) is 3.97. The van der Waals surface area contributed by atoms with E-state index in [0.717, 1.165) is 0 Å². The first kappa shape index (κ1) is 7.19. The molecule has 2 heteroatoms. The minimum Gasteiger partial charge on any atom is -0.384 e. The van der Waals surface area contributed by atoms with Crippen LogP contribution in [0.5, 0.6) is 0 Å². The lowest BCUT2D eigenvalue weighted by molar-refractivity contribution is -0.124. The largest absolute Gasteiger partial charge is 0.384 e. The second-order valence-electron chi connectivity index (χ2n) is 1.53. The molecule has 0 aromatic rings. The van der Waals surface area contributed by atoms with E-state index < -0.39 is 6.10 Å². The molecule has 44 valence electrons. The van der Waals surface area contributed by atoms with E-state index in [2.05, 4.69) is 5.92 Å². The molecule has 1 atom stereocenters. The second kappa shape index (κ2) is 3.23. The van der Waals surface area contributed by atoms with Gasteiger partial charge in [-0.1, -0.05) is 0 Å². The molecule has 2 nitrogen and oxygen atoms in total. The Labute approximate surface area is 48.5 Å². The predicted octanol–water partition coefficient (Wildman–Crippen LogP) is -0.0404. The van der Waals surface area contributed by atoms with Crippen LogP contribution in [0.2, 0.25) is 0 Å². The van der Waals surface area contributed by atoms with Crippen molar-refractivity contribution in [3.63, 3.8) is 0 Å². The predicted molar refractivity (Wildman–Crippen MR) is 30.1 cm³/mol. The van der Waals surface area contributed by atoms with Gasteiger partial charge < -0.3 is 5.11 Å². The van der Waals surface area contributed by atoms with Crippen molar-refractivity contribution in [1.29, 1.82) is 0 Å². The van der Waals surface area contributed by atoms with Crippen LogP contribution in [0.1, 0.15) is 13.3 Å². The smallest absolute Gasteiger partial charge is 0.159 e. The summed E-state index contributed by atoms with van der Waals surface area (Å²) in [7, 11) is 0. The van der Waals surface area contributed by atoms with Gasteiger partial charge in [0.2, 0.25) is 0 Å². The molecule has 0 radical (unpaired) electrons. The first-order valence-corrected chi connectivity index (χ1v) is 2.30. The van der Waals surface area contributed by atoms with E-state index in [-0.39, 0.29) is 12.2 Å². The van der Waals surface area contributed by atoms with Crippen molar-refractivity contribution in [2.24, 2.45) is 0 Å². The Morgan fingerprint density at radius 3 is 2.62 bits per heavy atom. The first-order chi connectivity index (χ1) is 3.68. The fraction of sp³-hybridized carbons (Fsp3) is 0.500. The molecule has 0 saturated heterocycles. The van der Waals surface area contributed by atoms with E-state index in [1.807, 2.05) is 0 Å². The Hall–Kier alpha value is -0.810. The molecule has 0 spiro atoms. The minimum atomic E-state index is -0.958. The highest BCUT2D eigenvalue weighted by molar-refractivity contribution is 5.80. The average molecular weight is 112 g/mol. The van der Waals surface area contributed by atoms with E-state index in [1.54, 1.807) is 0 Å². The second-order valence-corrected chi connectivity index (χ2v) is 1.53. The SMILES string of the molecule is C#CC[C@@H](O)C(C)=O. The van der Waals surface area contributed by atoms with Crippen LogP contribution in [0.3, 0.4) is 0 Å². The number of terminal acetylenes is 1. The Kier molecular flexibility index (Phi) is 2.90. The molecule has 0 aliphatic rings. The van der Waals surface area contributed by atoms with Crippen LogP contribution in [0, 0.1) is 12.3 Å². The van der Waals surface area contributed by atoms with Crippen LogP contribution in [0.25, 0.3) is 0 Å². The monoisotopic (exact) mass is 112 g/mol. The van der Waals surface area contributed by atoms with Gasteiger partial charge in [-0.25, -0.2) is 0 Å². The van der Waals surface area contributed by atoms with Gasteiger partial charge in [-0.3, -0.25) is 4.79 Å². The van der Waals surface area contributed by atoms with Crippen molar-refractivity contribution >= 4 is 5.78 Å². The van der Waals surface area contributed by atoms with Crippen molar-refractivity contribution in [3.05, 3.63) is 0 Å². The van der Waals surface area contributed by atoms with E-state index in [0.29, 0.717) is 0 Å². The number of aliphatic hydroxyl groups excluding tert-OH is 1. The first-order valence-electron chi connectivity index (χ1n) is 2.30. The zero-order valence-corrected chi connectivity index (χ0v) is 4.72. The van der Waals surface area contributed by atoms with Crippen LogP contribution in [-0.2, 0) is 4.79 Å². The fourth-order valence-electron chi connectivity index (χ4n) is 0.255. The Balaban J connectivity index is 3.52. The number of ketones is 1. The highest BCUT2D eigenvalue weighted by atomic mass is 16.3. The van der Waals surface area contributed by atoms with Gasteiger partial charge in [-0.2, -0.15) is 0 Å². The summed E-state index contributed by atoms with van der Waals surface area (Å²) < 4.78 is 0. The number of hydrogen-bond acceptors (Lipinski definition) is 2. The summed E-state index contributed by atoms with van der Waals surface area (Å²) in [4.78, 5) is 10.2. The zero-order valence-electron chi connectivity index (χ0n) is 4.72. The lowest BCUT2D eigenvalue weighted by Gasteiger charge is -1.97. The quantitative estimate of drug-likeness (QED) is 0.509. The fourth-order valence-corrected chi connectivity index (χ4v) is 0.255. The molecular formula is C6H8O2. The summed E-state index contributed by atoms with van der Waals surface area (Å²) in [5, 5.41) is 8.63. The summed E-state index contributed by atoms with van der Waals surface area (Å²) in [5.74, 6) is 1.90. The summed E-state index contributed by atoms with van der Waals surface area (Å²) in [6.45, 7) is 1.31. The summed E-state index contributed by atoms with van der Waals surface area (Å²) in [6, 6.07) is 0. The highest BCUT2D eigenvalue weighted by Gasteiger charge is 2.05. The lowest BCUT2D eigenvalue weighted by atomic mass is 10.2. The summed E-state index contributed by atoms with van der Waals surface area (Å²) in [5.41, 5.74) is 0. The highest BCUT2D eigenvalue weighted by Crippen LogP contribution is 1.88. The van der Waals surface area contributed by atoms with Crippen LogP contribution in [0.15, 0.2) is 0 Å². The van der Waals surface area contributed by atoms with Crippen molar-refractivity contribution < 1.29 is 9.90 Å². The van der Waals surface area contributed by atoms with Crippen molar-refractivity contribution in [2.45, 2.75) is 19.4 Å². The standard InChI is InChI=1S/C6H8O2/c1-3-4-6(8)5(2)7/h1,6,8H,4H2,2H3/t6-/m1/s1. The number of hydrogen-bond donors (Lipinski definition) is 1. The molecule has 0 bridgehead atoms. The average Bonchev–Trinajstić information content (AvgIpc) is 1.67. The molecule has 0 fully saturated rings.